The van der Waals surface area contributed by atoms with Crippen LogP contribution in [0.4, 0.5) is 0 Å². The number of aliphatic hydroxyl groups is 4. The second kappa shape index (κ2) is 13.2. The van der Waals surface area contributed by atoms with Gasteiger partial charge in [-0.15, -0.1) is 0 Å². The van der Waals surface area contributed by atoms with Crippen LogP contribution in [-0.4, -0.2) is 45.8 Å². The maximum atomic E-state index is 8.11. The summed E-state index contributed by atoms with van der Waals surface area (Å²) >= 11 is 0. The van der Waals surface area contributed by atoms with E-state index in [1.165, 1.54) is 13.8 Å². The van der Waals surface area contributed by atoms with Crippen LogP contribution in [0.5, 0.6) is 0 Å². The number of hydrogen-bond acceptors (Lipinski definition) is 4. The van der Waals surface area contributed by atoms with Gasteiger partial charge in [0.05, 0.1) is 25.4 Å². The Kier molecular flexibility index (Phi) is 21.1. The van der Waals surface area contributed by atoms with E-state index < -0.39 is 12.2 Å². The van der Waals surface area contributed by atoms with Crippen LogP contribution in [0.25, 0.3) is 0 Å². The fourth-order valence-corrected chi connectivity index (χ4v) is 0. The molecule has 0 aliphatic rings. The van der Waals surface area contributed by atoms with Gasteiger partial charge in [-0.05, 0) is 13.8 Å². The van der Waals surface area contributed by atoms with Crippen LogP contribution < -0.4 is 0 Å². The van der Waals surface area contributed by atoms with Crippen molar-refractivity contribution in [2.75, 3.05) is 13.2 Å². The van der Waals surface area contributed by atoms with E-state index in [4.69, 9.17) is 20.4 Å². The Labute approximate surface area is 81.8 Å². The van der Waals surface area contributed by atoms with Crippen LogP contribution in [0.1, 0.15) is 13.8 Å². The maximum Gasteiger partial charge on any atom is 0.0742 e. The third-order valence-corrected chi connectivity index (χ3v) is 0.528. The van der Waals surface area contributed by atoms with Crippen molar-refractivity contribution in [2.45, 2.75) is 26.1 Å². The van der Waals surface area contributed by atoms with Crippen LogP contribution in [0, 0.1) is 0 Å². The summed E-state index contributed by atoms with van der Waals surface area (Å²) in [7, 11) is 0. The molecule has 2 unspecified atom stereocenters. The van der Waals surface area contributed by atoms with Gasteiger partial charge in [0.15, 0.2) is 0 Å². The van der Waals surface area contributed by atoms with E-state index in [2.05, 4.69) is 0 Å². The standard InChI is InChI=1S/2C3H8O2.Ti/c2*1-3(5)2-4;/h2*3-5H,2H2,1H3;. The molecule has 11 heavy (non-hydrogen) atoms. The summed E-state index contributed by atoms with van der Waals surface area (Å²) in [5.41, 5.74) is 0. The minimum atomic E-state index is -0.560. The quantitative estimate of drug-likeness (QED) is 0.418. The Morgan fingerprint density at radius 2 is 1.00 bits per heavy atom. The Morgan fingerprint density at radius 3 is 1.00 bits per heavy atom. The van der Waals surface area contributed by atoms with Crippen molar-refractivity contribution >= 4 is 0 Å². The average molecular weight is 200 g/mol. The van der Waals surface area contributed by atoms with Crippen molar-refractivity contribution in [2.24, 2.45) is 0 Å². The van der Waals surface area contributed by atoms with Crippen molar-refractivity contribution in [3.8, 4) is 0 Å². The van der Waals surface area contributed by atoms with Gasteiger partial charge in [0, 0.05) is 21.7 Å². The molecule has 0 aromatic carbocycles. The van der Waals surface area contributed by atoms with Crippen molar-refractivity contribution in [1.82, 2.24) is 0 Å². The molecule has 4 N–H and O–H groups in total. The van der Waals surface area contributed by atoms with E-state index >= 15 is 0 Å². The zero-order valence-corrected chi connectivity index (χ0v) is 8.42. The molecular weight excluding hydrogens is 184 g/mol. The van der Waals surface area contributed by atoms with Crippen LogP contribution in [0.15, 0.2) is 0 Å². The minimum absolute atomic E-state index is 0. The summed E-state index contributed by atoms with van der Waals surface area (Å²) in [5, 5.41) is 32.0. The summed E-state index contributed by atoms with van der Waals surface area (Å²) in [5.74, 6) is 0. The topological polar surface area (TPSA) is 80.9 Å². The summed E-state index contributed by atoms with van der Waals surface area (Å²) in [4.78, 5) is 0. The summed E-state index contributed by atoms with van der Waals surface area (Å²) < 4.78 is 0. The first kappa shape index (κ1) is 17.6. The molecule has 0 spiro atoms. The van der Waals surface area contributed by atoms with Crippen LogP contribution in [-0.2, 0) is 21.7 Å². The molecule has 4 nitrogen and oxygen atoms in total. The molecule has 0 amide bonds. The summed E-state index contributed by atoms with van der Waals surface area (Å²) in [6.45, 7) is 2.78. The van der Waals surface area contributed by atoms with E-state index in [0.29, 0.717) is 0 Å². The molecule has 2 atom stereocenters. The monoisotopic (exact) mass is 200 g/mol. The van der Waals surface area contributed by atoms with E-state index in [9.17, 15) is 0 Å². The number of hydrogen-bond donors (Lipinski definition) is 4. The Bertz CT molecular complexity index is 50.5. The molecule has 0 saturated carbocycles. The second-order valence-electron chi connectivity index (χ2n) is 2.06. The van der Waals surface area contributed by atoms with Gasteiger partial charge in [0.1, 0.15) is 0 Å². The van der Waals surface area contributed by atoms with Crippen LogP contribution >= 0.6 is 0 Å². The van der Waals surface area contributed by atoms with Gasteiger partial charge in [-0.3, -0.25) is 0 Å². The molecule has 0 aliphatic heterocycles. The SMILES string of the molecule is CC(O)CO.CC(O)CO.[Ti]. The summed E-state index contributed by atoms with van der Waals surface area (Å²) in [6, 6.07) is 0. The average Bonchev–Trinajstić information content (AvgIpc) is 1.89. The Hall–Kier alpha value is 0.554. The fraction of sp³-hybridized carbons (Fsp3) is 1.00. The molecule has 0 bridgehead atoms. The van der Waals surface area contributed by atoms with Crippen molar-refractivity contribution in [3.63, 3.8) is 0 Å². The minimum Gasteiger partial charge on any atom is -0.394 e. The first-order valence-corrected chi connectivity index (χ1v) is 3.12. The predicted octanol–water partition coefficient (Wildman–Crippen LogP) is -1.28. The molecule has 0 radical (unpaired) electrons. The van der Waals surface area contributed by atoms with Crippen molar-refractivity contribution in [3.05, 3.63) is 0 Å². The zero-order valence-electron chi connectivity index (χ0n) is 6.86. The van der Waals surface area contributed by atoms with E-state index in [0.717, 1.165) is 0 Å². The molecule has 0 fully saturated rings. The third-order valence-electron chi connectivity index (χ3n) is 0.528. The van der Waals surface area contributed by atoms with Gasteiger partial charge < -0.3 is 20.4 Å². The molecule has 0 aromatic heterocycles. The molecule has 5 heteroatoms. The van der Waals surface area contributed by atoms with Gasteiger partial charge >= 0.3 is 0 Å². The smallest absolute Gasteiger partial charge is 0.0742 e. The molecule has 0 heterocycles. The Morgan fingerprint density at radius 1 is 0.909 bits per heavy atom. The molecule has 68 valence electrons. The molecule has 0 rings (SSSR count). The van der Waals surface area contributed by atoms with Crippen molar-refractivity contribution in [1.29, 1.82) is 0 Å². The van der Waals surface area contributed by atoms with Crippen molar-refractivity contribution < 1.29 is 42.1 Å². The number of aliphatic hydroxyl groups excluding tert-OH is 4. The zero-order chi connectivity index (χ0) is 8.57. The van der Waals surface area contributed by atoms with Gasteiger partial charge in [-0.25, -0.2) is 0 Å². The van der Waals surface area contributed by atoms with Crippen LogP contribution in [0.3, 0.4) is 0 Å². The van der Waals surface area contributed by atoms with E-state index in [-0.39, 0.29) is 34.9 Å². The van der Waals surface area contributed by atoms with E-state index in [1.54, 1.807) is 0 Å². The van der Waals surface area contributed by atoms with Gasteiger partial charge in [-0.2, -0.15) is 0 Å². The normalized spacial score (nSPS) is 13.6. The molecule has 0 aliphatic carbocycles. The second-order valence-corrected chi connectivity index (χ2v) is 2.06. The summed E-state index contributed by atoms with van der Waals surface area (Å²) in [6.07, 6.45) is -1.12. The van der Waals surface area contributed by atoms with Crippen LogP contribution in [0.2, 0.25) is 0 Å². The Balaban J connectivity index is -0.000000107. The molecule has 0 aromatic rings. The molecular formula is C6H16O4Ti. The third kappa shape index (κ3) is 37.2. The number of rotatable bonds is 2. The fourth-order valence-electron chi connectivity index (χ4n) is 0. The largest absolute Gasteiger partial charge is 0.394 e. The van der Waals surface area contributed by atoms with Gasteiger partial charge in [-0.1, -0.05) is 0 Å². The first-order valence-electron chi connectivity index (χ1n) is 3.12. The van der Waals surface area contributed by atoms with E-state index in [1.807, 2.05) is 0 Å². The predicted molar refractivity (Wildman–Crippen MR) is 37.5 cm³/mol. The van der Waals surface area contributed by atoms with Gasteiger partial charge in [0.2, 0.25) is 0 Å². The van der Waals surface area contributed by atoms with Gasteiger partial charge in [0.25, 0.3) is 0 Å². The maximum absolute atomic E-state index is 8.11. The first-order chi connectivity index (χ1) is 4.54. The molecule has 0 saturated heterocycles.